The van der Waals surface area contributed by atoms with Crippen molar-refractivity contribution in [3.8, 4) is 0 Å². The van der Waals surface area contributed by atoms with Gasteiger partial charge in [-0.3, -0.25) is 0 Å². The minimum Gasteiger partial charge on any atom is -0.339 e. The number of nitrogens with one attached hydrogen (secondary N) is 2. The summed E-state index contributed by atoms with van der Waals surface area (Å²) in [6.07, 6.45) is -3.29. The first-order valence-corrected chi connectivity index (χ1v) is 7.17. The third kappa shape index (κ3) is 4.21. The molecular formula is C16H10F5N5. The first-order valence-electron chi connectivity index (χ1n) is 7.17. The van der Waals surface area contributed by atoms with E-state index >= 15 is 0 Å². The van der Waals surface area contributed by atoms with E-state index in [9.17, 15) is 22.0 Å². The Morgan fingerprint density at radius 1 is 0.923 bits per heavy atom. The Balaban J connectivity index is 1.79. The molecule has 134 valence electrons. The second-order valence-electron chi connectivity index (χ2n) is 5.12. The van der Waals surface area contributed by atoms with Crippen LogP contribution >= 0.6 is 0 Å². The van der Waals surface area contributed by atoms with Crippen molar-refractivity contribution in [2.45, 2.75) is 6.18 Å². The zero-order chi connectivity index (χ0) is 18.7. The fourth-order valence-electron chi connectivity index (χ4n) is 2.05. The van der Waals surface area contributed by atoms with Crippen molar-refractivity contribution in [1.29, 1.82) is 0 Å². The van der Waals surface area contributed by atoms with Crippen LogP contribution in [0, 0.1) is 11.6 Å². The molecule has 1 aromatic heterocycles. The van der Waals surface area contributed by atoms with E-state index in [1.54, 1.807) is 0 Å². The number of rotatable bonds is 4. The monoisotopic (exact) mass is 367 g/mol. The van der Waals surface area contributed by atoms with Gasteiger partial charge in [-0.15, -0.1) is 5.10 Å². The van der Waals surface area contributed by atoms with Crippen LogP contribution in [0.3, 0.4) is 0 Å². The summed E-state index contributed by atoms with van der Waals surface area (Å²) in [4.78, 5) is 3.98. The maximum absolute atomic E-state index is 13.6. The molecule has 0 aliphatic heterocycles. The fourth-order valence-corrected chi connectivity index (χ4v) is 2.05. The van der Waals surface area contributed by atoms with Gasteiger partial charge in [0, 0.05) is 11.8 Å². The van der Waals surface area contributed by atoms with Crippen molar-refractivity contribution in [1.82, 2.24) is 15.2 Å². The molecule has 0 radical (unpaired) electrons. The number of hydrogen-bond donors (Lipinski definition) is 2. The summed E-state index contributed by atoms with van der Waals surface area (Å²) in [5.41, 5.74) is -0.764. The van der Waals surface area contributed by atoms with Gasteiger partial charge in [-0.25, -0.2) is 8.78 Å². The fraction of sp³-hybridized carbons (Fsp3) is 0.0625. The van der Waals surface area contributed by atoms with Gasteiger partial charge in [-0.1, -0.05) is 6.07 Å². The lowest BCUT2D eigenvalue weighted by Gasteiger charge is -2.11. The van der Waals surface area contributed by atoms with Crippen LogP contribution in [-0.2, 0) is 6.18 Å². The molecule has 0 unspecified atom stereocenters. The third-order valence-electron chi connectivity index (χ3n) is 3.20. The number of alkyl halides is 3. The van der Waals surface area contributed by atoms with E-state index in [0.717, 1.165) is 24.3 Å². The van der Waals surface area contributed by atoms with Crippen LogP contribution in [0.1, 0.15) is 5.56 Å². The van der Waals surface area contributed by atoms with E-state index in [4.69, 9.17) is 0 Å². The molecule has 0 aliphatic rings. The van der Waals surface area contributed by atoms with Crippen molar-refractivity contribution in [2.24, 2.45) is 0 Å². The summed E-state index contributed by atoms with van der Waals surface area (Å²) >= 11 is 0. The number of aromatic nitrogens is 3. The molecule has 26 heavy (non-hydrogen) atoms. The number of nitrogens with zero attached hydrogens (tertiary/aromatic N) is 3. The highest BCUT2D eigenvalue weighted by Gasteiger charge is 2.30. The molecule has 2 aromatic carbocycles. The lowest BCUT2D eigenvalue weighted by atomic mass is 10.2. The Morgan fingerprint density at radius 3 is 2.46 bits per heavy atom. The number of benzene rings is 2. The maximum atomic E-state index is 13.6. The molecule has 0 bridgehead atoms. The van der Waals surface area contributed by atoms with Crippen LogP contribution in [0.2, 0.25) is 0 Å². The van der Waals surface area contributed by atoms with E-state index in [2.05, 4.69) is 25.8 Å². The van der Waals surface area contributed by atoms with Gasteiger partial charge in [0.05, 0.1) is 17.4 Å². The lowest BCUT2D eigenvalue weighted by Crippen LogP contribution is -2.06. The molecule has 1 heterocycles. The summed E-state index contributed by atoms with van der Waals surface area (Å²) in [6, 6.07) is 7.39. The zero-order valence-corrected chi connectivity index (χ0v) is 12.9. The number of anilines is 4. The predicted octanol–water partition coefficient (Wildman–Crippen LogP) is 4.66. The second-order valence-corrected chi connectivity index (χ2v) is 5.12. The first-order chi connectivity index (χ1) is 12.3. The lowest BCUT2D eigenvalue weighted by molar-refractivity contribution is -0.137. The molecule has 0 saturated heterocycles. The molecule has 0 atom stereocenters. The molecule has 0 fully saturated rings. The average Bonchev–Trinajstić information content (AvgIpc) is 2.57. The topological polar surface area (TPSA) is 62.7 Å². The van der Waals surface area contributed by atoms with Crippen molar-refractivity contribution < 1.29 is 22.0 Å². The average molecular weight is 367 g/mol. The highest BCUT2D eigenvalue weighted by atomic mass is 19.4. The highest BCUT2D eigenvalue weighted by molar-refractivity contribution is 5.59. The van der Waals surface area contributed by atoms with Crippen LogP contribution < -0.4 is 10.6 Å². The predicted molar refractivity (Wildman–Crippen MR) is 84.2 cm³/mol. The van der Waals surface area contributed by atoms with Crippen LogP contribution in [0.15, 0.2) is 48.7 Å². The summed E-state index contributed by atoms with van der Waals surface area (Å²) < 4.78 is 64.8. The van der Waals surface area contributed by atoms with Crippen molar-refractivity contribution in [3.05, 3.63) is 65.9 Å². The molecule has 0 amide bonds. The molecule has 0 aliphatic carbocycles. The van der Waals surface area contributed by atoms with E-state index < -0.39 is 23.4 Å². The van der Waals surface area contributed by atoms with Crippen molar-refractivity contribution in [2.75, 3.05) is 10.6 Å². The Morgan fingerprint density at radius 2 is 1.73 bits per heavy atom. The van der Waals surface area contributed by atoms with Gasteiger partial charge in [-0.2, -0.15) is 23.3 Å². The normalized spacial score (nSPS) is 11.3. The molecule has 3 aromatic rings. The minimum atomic E-state index is -4.48. The molecule has 10 heteroatoms. The number of hydrogen-bond acceptors (Lipinski definition) is 5. The molecule has 3 rings (SSSR count). The standard InChI is InChI=1S/C16H10F5N5/c17-10-4-5-13(12(18)7-10)24-15-25-14(8-22-26-15)23-11-3-1-2-9(6-11)16(19,20)21/h1-8H,(H2,23,24,25,26). The van der Waals surface area contributed by atoms with E-state index in [1.165, 1.54) is 18.3 Å². The molecule has 2 N–H and O–H groups in total. The first kappa shape index (κ1) is 17.5. The van der Waals surface area contributed by atoms with Crippen LogP contribution in [0.4, 0.5) is 45.1 Å². The van der Waals surface area contributed by atoms with Gasteiger partial charge in [0.1, 0.15) is 11.6 Å². The maximum Gasteiger partial charge on any atom is 0.416 e. The molecule has 0 saturated carbocycles. The molecule has 0 spiro atoms. The Labute approximate surface area is 143 Å². The van der Waals surface area contributed by atoms with Crippen molar-refractivity contribution in [3.63, 3.8) is 0 Å². The zero-order valence-electron chi connectivity index (χ0n) is 12.9. The second kappa shape index (κ2) is 6.90. The van der Waals surface area contributed by atoms with Crippen LogP contribution in [0.25, 0.3) is 0 Å². The van der Waals surface area contributed by atoms with Crippen molar-refractivity contribution >= 4 is 23.1 Å². The van der Waals surface area contributed by atoms with Gasteiger partial charge in [0.2, 0.25) is 5.95 Å². The van der Waals surface area contributed by atoms with Gasteiger partial charge in [0.25, 0.3) is 0 Å². The Hall–Kier alpha value is -3.30. The van der Waals surface area contributed by atoms with E-state index in [0.29, 0.717) is 6.07 Å². The van der Waals surface area contributed by atoms with Crippen LogP contribution in [-0.4, -0.2) is 15.2 Å². The summed E-state index contributed by atoms with van der Waals surface area (Å²) in [7, 11) is 0. The SMILES string of the molecule is Fc1ccc(Nc2nncc(Nc3cccc(C(F)(F)F)c3)n2)c(F)c1. The van der Waals surface area contributed by atoms with Gasteiger partial charge in [-0.05, 0) is 30.3 Å². The number of halogens is 5. The van der Waals surface area contributed by atoms with Gasteiger partial charge < -0.3 is 10.6 Å². The Bertz CT molecular complexity index is 929. The summed E-state index contributed by atoms with van der Waals surface area (Å²) in [6.45, 7) is 0. The summed E-state index contributed by atoms with van der Waals surface area (Å²) in [5, 5.41) is 12.5. The third-order valence-corrected chi connectivity index (χ3v) is 3.20. The molecule has 5 nitrogen and oxygen atoms in total. The smallest absolute Gasteiger partial charge is 0.339 e. The van der Waals surface area contributed by atoms with E-state index in [-0.39, 0.29) is 23.1 Å². The molecular weight excluding hydrogens is 357 g/mol. The Kier molecular flexibility index (Phi) is 4.65. The minimum absolute atomic E-state index is 0.0792. The summed E-state index contributed by atoms with van der Waals surface area (Å²) in [5.74, 6) is -1.63. The van der Waals surface area contributed by atoms with E-state index in [1.807, 2.05) is 0 Å². The highest BCUT2D eigenvalue weighted by Crippen LogP contribution is 2.31. The largest absolute Gasteiger partial charge is 0.416 e. The van der Waals surface area contributed by atoms with Gasteiger partial charge >= 0.3 is 6.18 Å². The van der Waals surface area contributed by atoms with Crippen LogP contribution in [0.5, 0.6) is 0 Å². The van der Waals surface area contributed by atoms with Gasteiger partial charge in [0.15, 0.2) is 5.82 Å². The quantitative estimate of drug-likeness (QED) is 0.657.